The molecular formula is C18H16F3N5O. The Bertz CT molecular complexity index is 903. The van der Waals surface area contributed by atoms with Gasteiger partial charge in [-0.1, -0.05) is 12.1 Å². The number of aromatic nitrogens is 3. The Morgan fingerprint density at radius 3 is 2.56 bits per heavy atom. The standard InChI is InChI=1S/C18H16F3N5O/c1-2-22-17-25-15(14-8-3-4-9-23-14)11-16(26-17)24-12-6-5-7-13(10-12)27-18(19,20)21/h3-11H,2H2,1H3,(H2,22,24,25,26). The van der Waals surface area contributed by atoms with Crippen LogP contribution in [0, 0.1) is 0 Å². The number of anilines is 3. The Morgan fingerprint density at radius 2 is 1.85 bits per heavy atom. The van der Waals surface area contributed by atoms with Crippen molar-refractivity contribution >= 4 is 17.5 Å². The normalized spacial score (nSPS) is 11.1. The summed E-state index contributed by atoms with van der Waals surface area (Å²) in [5.41, 5.74) is 1.62. The zero-order chi connectivity index (χ0) is 19.3. The largest absolute Gasteiger partial charge is 0.573 e. The number of rotatable bonds is 6. The van der Waals surface area contributed by atoms with Crippen LogP contribution in [-0.2, 0) is 0 Å². The van der Waals surface area contributed by atoms with Crippen LogP contribution in [0.3, 0.4) is 0 Å². The molecule has 0 unspecified atom stereocenters. The average molecular weight is 375 g/mol. The average Bonchev–Trinajstić information content (AvgIpc) is 2.61. The molecule has 2 aromatic heterocycles. The van der Waals surface area contributed by atoms with E-state index in [2.05, 4.69) is 30.3 Å². The molecule has 140 valence electrons. The van der Waals surface area contributed by atoms with Crippen LogP contribution in [-0.4, -0.2) is 27.9 Å². The molecular weight excluding hydrogens is 359 g/mol. The van der Waals surface area contributed by atoms with Gasteiger partial charge < -0.3 is 15.4 Å². The summed E-state index contributed by atoms with van der Waals surface area (Å²) < 4.78 is 41.1. The summed E-state index contributed by atoms with van der Waals surface area (Å²) in [6, 6.07) is 12.6. The number of halogens is 3. The Kier molecular flexibility index (Phi) is 5.39. The van der Waals surface area contributed by atoms with E-state index in [1.54, 1.807) is 30.5 Å². The van der Waals surface area contributed by atoms with Gasteiger partial charge in [0.2, 0.25) is 5.95 Å². The van der Waals surface area contributed by atoms with Gasteiger partial charge in [0.1, 0.15) is 11.6 Å². The molecule has 0 atom stereocenters. The van der Waals surface area contributed by atoms with E-state index in [0.29, 0.717) is 35.4 Å². The van der Waals surface area contributed by atoms with Crippen LogP contribution >= 0.6 is 0 Å². The van der Waals surface area contributed by atoms with Gasteiger partial charge in [-0.15, -0.1) is 13.2 Å². The number of alkyl halides is 3. The number of benzene rings is 1. The molecule has 2 N–H and O–H groups in total. The van der Waals surface area contributed by atoms with Gasteiger partial charge in [0.15, 0.2) is 0 Å². The number of nitrogens with one attached hydrogen (secondary N) is 2. The number of hydrogen-bond donors (Lipinski definition) is 2. The lowest BCUT2D eigenvalue weighted by atomic mass is 10.2. The molecule has 0 aliphatic carbocycles. The van der Waals surface area contributed by atoms with E-state index >= 15 is 0 Å². The molecule has 2 heterocycles. The highest BCUT2D eigenvalue weighted by Crippen LogP contribution is 2.27. The molecule has 3 aromatic rings. The molecule has 0 saturated heterocycles. The summed E-state index contributed by atoms with van der Waals surface area (Å²) >= 11 is 0. The van der Waals surface area contributed by atoms with E-state index in [-0.39, 0.29) is 5.75 Å². The first-order valence-electron chi connectivity index (χ1n) is 8.10. The molecule has 0 aliphatic rings. The monoisotopic (exact) mass is 375 g/mol. The fraction of sp³-hybridized carbons (Fsp3) is 0.167. The highest BCUT2D eigenvalue weighted by molar-refractivity contribution is 5.65. The van der Waals surface area contributed by atoms with Gasteiger partial charge in [0.05, 0.1) is 11.4 Å². The summed E-state index contributed by atoms with van der Waals surface area (Å²) in [5, 5.41) is 6.00. The van der Waals surface area contributed by atoms with Gasteiger partial charge in [0.25, 0.3) is 0 Å². The minimum Gasteiger partial charge on any atom is -0.406 e. The second kappa shape index (κ2) is 7.90. The predicted octanol–water partition coefficient (Wildman–Crippen LogP) is 4.61. The highest BCUT2D eigenvalue weighted by atomic mass is 19.4. The lowest BCUT2D eigenvalue weighted by Crippen LogP contribution is -2.17. The van der Waals surface area contributed by atoms with Crippen molar-refractivity contribution in [2.75, 3.05) is 17.2 Å². The van der Waals surface area contributed by atoms with E-state index in [9.17, 15) is 13.2 Å². The van der Waals surface area contributed by atoms with Crippen molar-refractivity contribution < 1.29 is 17.9 Å². The molecule has 3 rings (SSSR count). The predicted molar refractivity (Wildman–Crippen MR) is 95.8 cm³/mol. The maximum Gasteiger partial charge on any atom is 0.573 e. The van der Waals surface area contributed by atoms with E-state index in [1.807, 2.05) is 13.0 Å². The third-order valence-corrected chi connectivity index (χ3v) is 3.33. The van der Waals surface area contributed by atoms with Gasteiger partial charge >= 0.3 is 6.36 Å². The molecule has 0 fully saturated rings. The number of hydrogen-bond acceptors (Lipinski definition) is 6. The third-order valence-electron chi connectivity index (χ3n) is 3.33. The van der Waals surface area contributed by atoms with Crippen LogP contribution in [0.5, 0.6) is 5.75 Å². The number of pyridine rings is 1. The molecule has 0 bridgehead atoms. The summed E-state index contributed by atoms with van der Waals surface area (Å²) in [5.74, 6) is 0.468. The lowest BCUT2D eigenvalue weighted by molar-refractivity contribution is -0.274. The smallest absolute Gasteiger partial charge is 0.406 e. The summed E-state index contributed by atoms with van der Waals surface area (Å²) in [6.45, 7) is 2.52. The SMILES string of the molecule is CCNc1nc(Nc2cccc(OC(F)(F)F)c2)cc(-c2ccccn2)n1. The number of ether oxygens (including phenoxy) is 1. The first-order chi connectivity index (χ1) is 12.9. The van der Waals surface area contributed by atoms with Gasteiger partial charge in [-0.05, 0) is 31.2 Å². The minimum atomic E-state index is -4.75. The van der Waals surface area contributed by atoms with Crippen molar-refractivity contribution in [1.82, 2.24) is 15.0 Å². The summed E-state index contributed by atoms with van der Waals surface area (Å²) in [6.07, 6.45) is -3.10. The van der Waals surface area contributed by atoms with Gasteiger partial charge in [0, 0.05) is 30.6 Å². The molecule has 27 heavy (non-hydrogen) atoms. The zero-order valence-electron chi connectivity index (χ0n) is 14.3. The van der Waals surface area contributed by atoms with E-state index in [4.69, 9.17) is 0 Å². The maximum absolute atomic E-state index is 12.4. The van der Waals surface area contributed by atoms with E-state index < -0.39 is 6.36 Å². The van der Waals surface area contributed by atoms with Gasteiger partial charge in [-0.25, -0.2) is 4.98 Å². The minimum absolute atomic E-state index is 0.321. The molecule has 6 nitrogen and oxygen atoms in total. The van der Waals surface area contributed by atoms with Crippen molar-refractivity contribution in [2.24, 2.45) is 0 Å². The zero-order valence-corrected chi connectivity index (χ0v) is 14.3. The van der Waals surface area contributed by atoms with Crippen molar-refractivity contribution in [2.45, 2.75) is 13.3 Å². The Balaban J connectivity index is 1.90. The van der Waals surface area contributed by atoms with Gasteiger partial charge in [-0.3, -0.25) is 4.98 Å². The first kappa shape index (κ1) is 18.4. The summed E-state index contributed by atoms with van der Waals surface area (Å²) in [7, 11) is 0. The lowest BCUT2D eigenvalue weighted by Gasteiger charge is -2.12. The molecule has 0 saturated carbocycles. The van der Waals surface area contributed by atoms with Crippen LogP contribution in [0.4, 0.5) is 30.6 Å². The van der Waals surface area contributed by atoms with Crippen LogP contribution in [0.1, 0.15) is 6.92 Å². The topological polar surface area (TPSA) is 72.0 Å². The van der Waals surface area contributed by atoms with E-state index in [1.165, 1.54) is 18.2 Å². The fourth-order valence-electron chi connectivity index (χ4n) is 2.31. The Labute approximate surface area is 153 Å². The van der Waals surface area contributed by atoms with Crippen molar-refractivity contribution in [3.8, 4) is 17.1 Å². The van der Waals surface area contributed by atoms with E-state index in [0.717, 1.165) is 0 Å². The second-order valence-corrected chi connectivity index (χ2v) is 5.41. The van der Waals surface area contributed by atoms with Crippen molar-refractivity contribution in [1.29, 1.82) is 0 Å². The molecule has 0 radical (unpaired) electrons. The Morgan fingerprint density at radius 1 is 1.00 bits per heavy atom. The second-order valence-electron chi connectivity index (χ2n) is 5.41. The molecule has 0 amide bonds. The van der Waals surface area contributed by atoms with Crippen molar-refractivity contribution in [3.05, 3.63) is 54.7 Å². The Hall–Kier alpha value is -3.36. The van der Waals surface area contributed by atoms with Crippen molar-refractivity contribution in [3.63, 3.8) is 0 Å². The summed E-state index contributed by atoms with van der Waals surface area (Å²) in [4.78, 5) is 13.0. The molecule has 0 aliphatic heterocycles. The maximum atomic E-state index is 12.4. The number of nitrogens with zero attached hydrogens (tertiary/aromatic N) is 3. The molecule has 9 heteroatoms. The molecule has 0 spiro atoms. The quantitative estimate of drug-likeness (QED) is 0.655. The first-order valence-corrected chi connectivity index (χ1v) is 8.10. The third kappa shape index (κ3) is 5.30. The van der Waals surface area contributed by atoms with Crippen LogP contribution < -0.4 is 15.4 Å². The van der Waals surface area contributed by atoms with Crippen LogP contribution in [0.15, 0.2) is 54.7 Å². The van der Waals surface area contributed by atoms with Crippen LogP contribution in [0.2, 0.25) is 0 Å². The molecule has 1 aromatic carbocycles. The highest BCUT2D eigenvalue weighted by Gasteiger charge is 2.31. The fourth-order valence-corrected chi connectivity index (χ4v) is 2.31. The van der Waals surface area contributed by atoms with Gasteiger partial charge in [-0.2, -0.15) is 4.98 Å². The van der Waals surface area contributed by atoms with Crippen LogP contribution in [0.25, 0.3) is 11.4 Å².